The highest BCUT2D eigenvalue weighted by molar-refractivity contribution is 9.10. The van der Waals surface area contributed by atoms with Crippen LogP contribution in [0.5, 0.6) is 5.75 Å². The Kier molecular flexibility index (Phi) is 7.44. The normalized spacial score (nSPS) is 20.4. The Labute approximate surface area is 225 Å². The molecule has 6 nitrogen and oxygen atoms in total. The van der Waals surface area contributed by atoms with Gasteiger partial charge in [-0.25, -0.2) is 4.99 Å². The predicted molar refractivity (Wildman–Crippen MR) is 147 cm³/mol. The summed E-state index contributed by atoms with van der Waals surface area (Å²) < 4.78 is 13.2. The highest BCUT2D eigenvalue weighted by atomic mass is 79.9. The molecule has 0 unspecified atom stereocenters. The molecule has 0 spiro atoms. The van der Waals surface area contributed by atoms with Gasteiger partial charge in [-0.15, -0.1) is 6.58 Å². The van der Waals surface area contributed by atoms with Crippen molar-refractivity contribution in [3.8, 4) is 5.75 Å². The van der Waals surface area contributed by atoms with E-state index in [1.807, 2.05) is 77.7 Å². The summed E-state index contributed by atoms with van der Waals surface area (Å²) in [7, 11) is 0. The van der Waals surface area contributed by atoms with Crippen molar-refractivity contribution < 1.29 is 19.4 Å². The van der Waals surface area contributed by atoms with Crippen LogP contribution < -0.4 is 4.74 Å². The van der Waals surface area contributed by atoms with Crippen LogP contribution in [0.4, 0.5) is 0 Å². The Bertz CT molecular complexity index is 1320. The lowest BCUT2D eigenvalue weighted by Gasteiger charge is -2.32. The summed E-state index contributed by atoms with van der Waals surface area (Å²) >= 11 is 3.67. The van der Waals surface area contributed by atoms with Crippen LogP contribution in [-0.2, 0) is 22.5 Å². The fraction of sp³-hybridized carbons (Fsp3) is 0.267. The Hall–Kier alpha value is -3.42. The molecule has 3 aromatic carbocycles. The van der Waals surface area contributed by atoms with E-state index in [2.05, 4.69) is 22.5 Å². The van der Waals surface area contributed by atoms with Gasteiger partial charge in [0.2, 0.25) is 5.90 Å². The van der Waals surface area contributed by atoms with E-state index in [-0.39, 0.29) is 12.5 Å². The molecule has 0 aliphatic carbocycles. The van der Waals surface area contributed by atoms with Crippen LogP contribution >= 0.6 is 15.9 Å². The lowest BCUT2D eigenvalue weighted by Crippen LogP contribution is -2.49. The Morgan fingerprint density at radius 1 is 1.14 bits per heavy atom. The molecular weight excluding hydrogens is 532 g/mol. The molecule has 2 aliphatic heterocycles. The molecule has 0 saturated carbocycles. The number of halogens is 1. The van der Waals surface area contributed by atoms with Gasteiger partial charge in [-0.1, -0.05) is 64.5 Å². The highest BCUT2D eigenvalue weighted by Crippen LogP contribution is 2.47. The molecule has 37 heavy (non-hydrogen) atoms. The zero-order valence-electron chi connectivity index (χ0n) is 20.5. The van der Waals surface area contributed by atoms with Crippen molar-refractivity contribution in [3.05, 3.63) is 112 Å². The summed E-state index contributed by atoms with van der Waals surface area (Å²) in [6, 6.07) is 23.5. The van der Waals surface area contributed by atoms with Crippen LogP contribution in [0.25, 0.3) is 0 Å². The quantitative estimate of drug-likeness (QED) is 0.287. The van der Waals surface area contributed by atoms with Crippen LogP contribution in [0, 0.1) is 0 Å². The molecule has 0 bridgehead atoms. The molecule has 0 fully saturated rings. The first-order chi connectivity index (χ1) is 18.1. The molecule has 1 N–H and O–H groups in total. The first kappa shape index (κ1) is 25.2. The number of aliphatic imine (C=N–C) groups is 1. The van der Waals surface area contributed by atoms with Crippen LogP contribution in [0.15, 0.2) is 94.9 Å². The minimum absolute atomic E-state index is 0.0803. The summed E-state index contributed by atoms with van der Waals surface area (Å²) in [5.41, 5.74) is 2.60. The SMILES string of the molecule is C=CCN1Cc2ccccc2[C@@H]2OC(c3ccc(OCCCO)cc3)=N[C@]2(Cc2ccccc2Br)C1=O. The number of carbonyl (C=O) groups is 1. The van der Waals surface area contributed by atoms with Gasteiger partial charge >= 0.3 is 0 Å². The van der Waals surface area contributed by atoms with Crippen LogP contribution in [0.3, 0.4) is 0 Å². The number of aliphatic hydroxyl groups is 1. The minimum Gasteiger partial charge on any atom is -0.494 e. The molecule has 3 aromatic rings. The van der Waals surface area contributed by atoms with E-state index < -0.39 is 11.6 Å². The Morgan fingerprint density at radius 3 is 2.65 bits per heavy atom. The fourth-order valence-electron chi connectivity index (χ4n) is 4.97. The summed E-state index contributed by atoms with van der Waals surface area (Å²) in [5, 5.41) is 8.99. The zero-order valence-corrected chi connectivity index (χ0v) is 22.1. The number of rotatable bonds is 9. The van der Waals surface area contributed by atoms with Gasteiger partial charge < -0.3 is 19.5 Å². The average molecular weight is 561 g/mol. The van der Waals surface area contributed by atoms with Crippen molar-refractivity contribution in [2.45, 2.75) is 31.0 Å². The highest BCUT2D eigenvalue weighted by Gasteiger charge is 2.56. The van der Waals surface area contributed by atoms with Crippen molar-refractivity contribution in [1.82, 2.24) is 4.90 Å². The van der Waals surface area contributed by atoms with Gasteiger partial charge in [-0.2, -0.15) is 0 Å². The molecule has 0 aromatic heterocycles. The second kappa shape index (κ2) is 10.9. The average Bonchev–Trinajstić information content (AvgIpc) is 3.27. The predicted octanol–water partition coefficient (Wildman–Crippen LogP) is 5.24. The number of hydrogen-bond donors (Lipinski definition) is 1. The number of amides is 1. The third-order valence-corrected chi connectivity index (χ3v) is 7.53. The molecule has 0 saturated heterocycles. The van der Waals surface area contributed by atoms with Crippen molar-refractivity contribution in [2.24, 2.45) is 4.99 Å². The van der Waals surface area contributed by atoms with Crippen LogP contribution in [0.1, 0.15) is 34.8 Å². The number of hydrogen-bond acceptors (Lipinski definition) is 5. The summed E-state index contributed by atoms with van der Waals surface area (Å²) in [4.78, 5) is 21.3. The number of fused-ring (bicyclic) bond motifs is 3. The van der Waals surface area contributed by atoms with Gasteiger partial charge in [0.05, 0.1) is 6.61 Å². The molecule has 2 heterocycles. The minimum atomic E-state index is -1.18. The summed E-state index contributed by atoms with van der Waals surface area (Å²) in [5.74, 6) is 1.05. The molecule has 2 atom stereocenters. The second-order valence-corrected chi connectivity index (χ2v) is 10.1. The van der Waals surface area contributed by atoms with Crippen LogP contribution in [0.2, 0.25) is 0 Å². The zero-order chi connectivity index (χ0) is 25.8. The summed E-state index contributed by atoms with van der Waals surface area (Å²) in [6.45, 7) is 5.30. The van der Waals surface area contributed by atoms with Gasteiger partial charge in [0.25, 0.3) is 5.91 Å². The van der Waals surface area contributed by atoms with Gasteiger partial charge in [0.15, 0.2) is 11.6 Å². The van der Waals surface area contributed by atoms with Gasteiger partial charge in [-0.05, 0) is 41.5 Å². The number of nitrogens with zero attached hydrogens (tertiary/aromatic N) is 2. The second-order valence-electron chi connectivity index (χ2n) is 9.23. The number of benzene rings is 3. The Balaban J connectivity index is 1.61. The van der Waals surface area contributed by atoms with E-state index in [4.69, 9.17) is 19.6 Å². The maximum atomic E-state index is 14.3. The van der Waals surface area contributed by atoms with E-state index in [1.165, 1.54) is 0 Å². The van der Waals surface area contributed by atoms with E-state index in [9.17, 15) is 4.79 Å². The largest absolute Gasteiger partial charge is 0.494 e. The number of ether oxygens (including phenoxy) is 2. The molecular formula is C30H29BrN2O4. The van der Waals surface area contributed by atoms with Crippen LogP contribution in [-0.4, -0.2) is 47.1 Å². The first-order valence-electron chi connectivity index (χ1n) is 12.4. The summed E-state index contributed by atoms with van der Waals surface area (Å²) in [6.07, 6.45) is 2.13. The maximum Gasteiger partial charge on any atom is 0.255 e. The van der Waals surface area contributed by atoms with E-state index in [0.29, 0.717) is 44.2 Å². The van der Waals surface area contributed by atoms with Gasteiger partial charge in [-0.3, -0.25) is 4.79 Å². The molecule has 2 aliphatic rings. The first-order valence-corrected chi connectivity index (χ1v) is 13.2. The van der Waals surface area contributed by atoms with Crippen molar-refractivity contribution in [1.29, 1.82) is 0 Å². The fourth-order valence-corrected chi connectivity index (χ4v) is 5.39. The number of carbonyl (C=O) groups excluding carboxylic acids is 1. The van der Waals surface area contributed by atoms with Gasteiger partial charge in [0, 0.05) is 48.1 Å². The lowest BCUT2D eigenvalue weighted by atomic mass is 9.81. The van der Waals surface area contributed by atoms with Crippen molar-refractivity contribution in [2.75, 3.05) is 19.8 Å². The van der Waals surface area contributed by atoms with E-state index in [1.54, 1.807) is 6.08 Å². The maximum absolute atomic E-state index is 14.3. The van der Waals surface area contributed by atoms with Crippen molar-refractivity contribution >= 4 is 27.7 Å². The smallest absolute Gasteiger partial charge is 0.255 e. The molecule has 5 rings (SSSR count). The van der Waals surface area contributed by atoms with E-state index in [0.717, 1.165) is 26.7 Å². The third-order valence-electron chi connectivity index (χ3n) is 6.76. The van der Waals surface area contributed by atoms with Gasteiger partial charge in [0.1, 0.15) is 5.75 Å². The third kappa shape index (κ3) is 4.93. The van der Waals surface area contributed by atoms with Crippen molar-refractivity contribution in [3.63, 3.8) is 0 Å². The van der Waals surface area contributed by atoms with E-state index >= 15 is 0 Å². The monoisotopic (exact) mass is 560 g/mol. The lowest BCUT2D eigenvalue weighted by molar-refractivity contribution is -0.139. The standard InChI is InChI=1S/C30H29BrN2O4/c1-2-16-33-20-23-9-3-5-10-25(23)27-30(29(33)35,19-22-8-4-6-11-26(22)31)32-28(37-27)21-12-14-24(15-13-21)36-18-7-17-34/h2-6,8-15,27,34H,1,7,16-20H2/t27-,30-/m0/s1. The Morgan fingerprint density at radius 2 is 1.89 bits per heavy atom. The molecule has 190 valence electrons. The topological polar surface area (TPSA) is 71.4 Å². The number of aliphatic hydroxyl groups excluding tert-OH is 1. The molecule has 1 amide bonds. The molecule has 7 heteroatoms. The molecule has 0 radical (unpaired) electrons.